The highest BCUT2D eigenvalue weighted by Crippen LogP contribution is 2.25. The van der Waals surface area contributed by atoms with Crippen LogP contribution in [0.3, 0.4) is 0 Å². The molecule has 0 radical (unpaired) electrons. The molecule has 83 heavy (non-hydrogen) atoms. The maximum Gasteiger partial charge on any atom is 0.243 e. The summed E-state index contributed by atoms with van der Waals surface area (Å²) < 4.78 is 33.8. The fourth-order valence-electron chi connectivity index (χ4n) is 9.55. The van der Waals surface area contributed by atoms with Crippen LogP contribution in [0.2, 0.25) is 0 Å². The van der Waals surface area contributed by atoms with Crippen LogP contribution in [0.5, 0.6) is 0 Å². The number of ketones is 1. The fourth-order valence-corrected chi connectivity index (χ4v) is 9.55. The van der Waals surface area contributed by atoms with Gasteiger partial charge in [-0.25, -0.2) is 0 Å². The molecule has 0 aliphatic carbocycles. The number of hydrogen-bond donors (Lipinski definition) is 16. The standard InChI is InChI=1S/C53H93N7O23/c1-5-34(67)32(16-6-11-21-54-38(68)18-8-13-23-78-51-41(56-29(2)64)47(74)44(71)35(26-61)81-51)60-50(77)33(59-40(70)20-10-15-25-80-53-43(58-31(4)66)49(76)46(73)37(28-63)83-53)17-7-12-22-55-39(69)19-9-14-24-79-52-42(57-30(3)65)48(75)45(72)36(27-62)82-52/h32-33,35-37,41-49,51-53,61-63,71-76H,5-28H2,1-4H3,(H,54,68)(H,55,69)(H,56,64)(H,57,65)(H,58,66)(H,59,70)(H,60,77)/t32?,33?,35?,36?,37?,41-,42-,43-,44-,45-,46-,47?,48?,49?,51+,52+,53+/m0/s1. The number of carbonyl (C=O) groups is 8. The van der Waals surface area contributed by atoms with Gasteiger partial charge < -0.3 is 112 Å². The summed E-state index contributed by atoms with van der Waals surface area (Å²) in [6, 6.07) is -5.31. The minimum Gasteiger partial charge on any atom is -0.394 e. The van der Waals surface area contributed by atoms with Crippen molar-refractivity contribution in [2.24, 2.45) is 0 Å². The molecule has 0 aromatic carbocycles. The average Bonchev–Trinajstić information content (AvgIpc) is 3.23. The number of aliphatic hydroxyl groups is 9. The van der Waals surface area contributed by atoms with E-state index in [1.165, 1.54) is 20.8 Å². The lowest BCUT2D eigenvalue weighted by Crippen LogP contribution is -2.64. The van der Waals surface area contributed by atoms with E-state index in [9.17, 15) is 84.3 Å². The molecule has 7 amide bonds. The molecule has 30 heteroatoms. The van der Waals surface area contributed by atoms with E-state index in [1.54, 1.807) is 6.92 Å². The van der Waals surface area contributed by atoms with E-state index in [-0.39, 0.29) is 102 Å². The van der Waals surface area contributed by atoms with Gasteiger partial charge in [0.15, 0.2) is 24.7 Å². The van der Waals surface area contributed by atoms with E-state index in [0.717, 1.165) is 0 Å². The van der Waals surface area contributed by atoms with E-state index >= 15 is 0 Å². The Morgan fingerprint density at radius 2 is 0.771 bits per heavy atom. The fraction of sp³-hybridized carbons (Fsp3) is 0.849. The van der Waals surface area contributed by atoms with Crippen molar-refractivity contribution in [3.05, 3.63) is 0 Å². The predicted octanol–water partition coefficient (Wildman–Crippen LogP) is -5.10. The normalized spacial score (nSPS) is 28.7. The third kappa shape index (κ3) is 25.5. The maximum atomic E-state index is 13.9. The number of aliphatic hydroxyl groups excluding tert-OH is 9. The lowest BCUT2D eigenvalue weighted by atomic mass is 9.97. The molecule has 3 aliphatic rings. The second-order valence-corrected chi connectivity index (χ2v) is 21.0. The molecule has 0 spiro atoms. The van der Waals surface area contributed by atoms with Gasteiger partial charge in [0.25, 0.3) is 0 Å². The van der Waals surface area contributed by atoms with Crippen molar-refractivity contribution in [2.45, 2.75) is 234 Å². The lowest BCUT2D eigenvalue weighted by molar-refractivity contribution is -0.270. The first-order valence-electron chi connectivity index (χ1n) is 28.8. The number of Topliss-reactive ketones (excluding diaryl/α,β-unsaturated/α-hetero) is 1. The van der Waals surface area contributed by atoms with Gasteiger partial charge in [-0.15, -0.1) is 0 Å². The topological polar surface area (TPSA) is 458 Å². The van der Waals surface area contributed by atoms with Crippen molar-refractivity contribution in [1.29, 1.82) is 0 Å². The Bertz CT molecular complexity index is 2000. The Kier molecular flexibility index (Phi) is 34.2. The number of unbranched alkanes of at least 4 members (excludes halogenated alkanes) is 5. The van der Waals surface area contributed by atoms with Gasteiger partial charge in [0.1, 0.15) is 79.1 Å². The van der Waals surface area contributed by atoms with Gasteiger partial charge in [0.05, 0.1) is 25.9 Å². The molecule has 30 nitrogen and oxygen atoms in total. The molecule has 17 atom stereocenters. The van der Waals surface area contributed by atoms with E-state index in [2.05, 4.69) is 37.2 Å². The zero-order valence-electron chi connectivity index (χ0n) is 48.0. The molecule has 0 saturated carbocycles. The smallest absolute Gasteiger partial charge is 0.243 e. The number of nitrogens with one attached hydrogen (secondary N) is 7. The van der Waals surface area contributed by atoms with Gasteiger partial charge in [0.2, 0.25) is 41.4 Å². The molecule has 8 unspecified atom stereocenters. The zero-order valence-corrected chi connectivity index (χ0v) is 48.0. The second-order valence-electron chi connectivity index (χ2n) is 21.0. The average molecular weight is 1200 g/mol. The Hall–Kier alpha value is -4.64. The van der Waals surface area contributed by atoms with Crippen LogP contribution in [-0.2, 0) is 66.8 Å². The molecule has 3 rings (SSSR count). The molecule has 16 N–H and O–H groups in total. The molecule has 478 valence electrons. The molecule has 3 saturated heterocycles. The van der Waals surface area contributed by atoms with Gasteiger partial charge in [-0.05, 0) is 77.0 Å². The van der Waals surface area contributed by atoms with Crippen molar-refractivity contribution < 1.29 is 113 Å². The summed E-state index contributed by atoms with van der Waals surface area (Å²) in [6.45, 7) is 4.16. The van der Waals surface area contributed by atoms with Crippen LogP contribution >= 0.6 is 0 Å². The number of hydrogen-bond acceptors (Lipinski definition) is 23. The van der Waals surface area contributed by atoms with Crippen LogP contribution < -0.4 is 37.2 Å². The Balaban J connectivity index is 1.50. The Morgan fingerprint density at radius 1 is 0.434 bits per heavy atom. The quantitative estimate of drug-likeness (QED) is 0.0256. The molecule has 0 bridgehead atoms. The first kappa shape index (κ1) is 72.6. The molecular weight excluding hydrogens is 1100 g/mol. The zero-order chi connectivity index (χ0) is 61.6. The van der Waals surface area contributed by atoms with Crippen LogP contribution in [0.15, 0.2) is 0 Å². The molecule has 3 aliphatic heterocycles. The van der Waals surface area contributed by atoms with Gasteiger partial charge in [-0.2, -0.15) is 0 Å². The van der Waals surface area contributed by atoms with Crippen LogP contribution in [0.1, 0.15) is 130 Å². The molecule has 3 fully saturated rings. The van der Waals surface area contributed by atoms with Crippen LogP contribution in [0.4, 0.5) is 0 Å². The van der Waals surface area contributed by atoms with Crippen molar-refractivity contribution in [2.75, 3.05) is 52.7 Å². The van der Waals surface area contributed by atoms with E-state index in [4.69, 9.17) is 28.4 Å². The summed E-state index contributed by atoms with van der Waals surface area (Å²) in [4.78, 5) is 101. The third-order valence-electron chi connectivity index (χ3n) is 14.2. The lowest BCUT2D eigenvalue weighted by Gasteiger charge is -2.42. The molecule has 0 aromatic heterocycles. The van der Waals surface area contributed by atoms with Gasteiger partial charge in [0, 0.05) is 79.4 Å². The van der Waals surface area contributed by atoms with Crippen molar-refractivity contribution in [3.8, 4) is 0 Å². The highest BCUT2D eigenvalue weighted by atomic mass is 16.7. The minimum absolute atomic E-state index is 0.00917. The first-order chi connectivity index (χ1) is 39.6. The highest BCUT2D eigenvalue weighted by Gasteiger charge is 2.48. The van der Waals surface area contributed by atoms with Crippen LogP contribution in [0, 0.1) is 0 Å². The summed E-state index contributed by atoms with van der Waals surface area (Å²) in [6.07, 6.45) is -11.3. The largest absolute Gasteiger partial charge is 0.394 e. The van der Waals surface area contributed by atoms with Gasteiger partial charge in [-0.3, -0.25) is 38.4 Å². The Morgan fingerprint density at radius 3 is 1.10 bits per heavy atom. The van der Waals surface area contributed by atoms with Crippen molar-refractivity contribution in [1.82, 2.24) is 37.2 Å². The molecule has 0 aromatic rings. The van der Waals surface area contributed by atoms with Gasteiger partial charge >= 0.3 is 0 Å². The minimum atomic E-state index is -1.50. The number of rotatable bonds is 39. The maximum absolute atomic E-state index is 13.9. The summed E-state index contributed by atoms with van der Waals surface area (Å²) >= 11 is 0. The molecular formula is C53H93N7O23. The number of amides is 7. The van der Waals surface area contributed by atoms with Crippen LogP contribution in [0.25, 0.3) is 0 Å². The number of ether oxygens (including phenoxy) is 6. The number of carbonyl (C=O) groups excluding carboxylic acids is 8. The first-order valence-corrected chi connectivity index (χ1v) is 28.8. The van der Waals surface area contributed by atoms with Gasteiger partial charge in [-0.1, -0.05) is 6.92 Å². The van der Waals surface area contributed by atoms with Crippen molar-refractivity contribution in [3.63, 3.8) is 0 Å². The monoisotopic (exact) mass is 1200 g/mol. The summed E-state index contributed by atoms with van der Waals surface area (Å²) in [5, 5.41) is 110. The summed E-state index contributed by atoms with van der Waals surface area (Å²) in [5.41, 5.74) is 0. The predicted molar refractivity (Wildman–Crippen MR) is 288 cm³/mol. The van der Waals surface area contributed by atoms with E-state index in [1.807, 2.05) is 0 Å². The van der Waals surface area contributed by atoms with E-state index < -0.39 is 153 Å². The van der Waals surface area contributed by atoms with E-state index in [0.29, 0.717) is 51.4 Å². The highest BCUT2D eigenvalue weighted by molar-refractivity contribution is 5.92. The molecule has 3 heterocycles. The second kappa shape index (κ2) is 39.1. The summed E-state index contributed by atoms with van der Waals surface area (Å²) in [5.74, 6) is -3.34. The third-order valence-corrected chi connectivity index (χ3v) is 14.2. The summed E-state index contributed by atoms with van der Waals surface area (Å²) in [7, 11) is 0. The van der Waals surface area contributed by atoms with Crippen molar-refractivity contribution >= 4 is 47.1 Å². The SMILES string of the molecule is CCC(=O)C(CCCCNC(=O)CCCCO[C@@H]1OC(CO)[C@H](O)C(O)[C@@H]1NC(C)=O)NC(=O)C(CCCCNC(=O)CCCCO[C@@H]1OC(CO)[C@H](O)C(O)[C@@H]1NC(C)=O)NC(=O)CCCCO[C@@H]1OC(CO)[C@H](O)C(O)[C@@H]1NC(C)=O. The Labute approximate surface area is 483 Å². The van der Waals surface area contributed by atoms with Crippen LogP contribution in [-0.4, -0.2) is 250 Å².